The van der Waals surface area contributed by atoms with Gasteiger partial charge in [0.25, 0.3) is 0 Å². The van der Waals surface area contributed by atoms with Crippen LogP contribution in [0.15, 0.2) is 30.9 Å². The smallest absolute Gasteiger partial charge is 0.312 e. The van der Waals surface area contributed by atoms with Crippen LogP contribution in [-0.4, -0.2) is 20.3 Å². The maximum absolute atomic E-state index is 12.1. The minimum absolute atomic E-state index is 0.0327. The Balaban J connectivity index is 1.80. The summed E-state index contributed by atoms with van der Waals surface area (Å²) in [5, 5.41) is 13.8. The highest BCUT2D eigenvalue weighted by atomic mass is 16.5. The summed E-state index contributed by atoms with van der Waals surface area (Å²) >= 11 is 0. The molecule has 0 radical (unpaired) electrons. The first-order chi connectivity index (χ1) is 14.8. The molecule has 31 heavy (non-hydrogen) atoms. The minimum Gasteiger partial charge on any atom is -0.443 e. The fourth-order valence-corrected chi connectivity index (χ4v) is 4.08. The van der Waals surface area contributed by atoms with Crippen LogP contribution in [0.5, 0.6) is 0 Å². The van der Waals surface area contributed by atoms with Crippen LogP contribution in [0.4, 0.5) is 5.82 Å². The van der Waals surface area contributed by atoms with E-state index in [0.29, 0.717) is 18.2 Å². The lowest BCUT2D eigenvalue weighted by Crippen LogP contribution is -2.24. The monoisotopic (exact) mass is 424 g/mol. The minimum atomic E-state index is -0.582. The van der Waals surface area contributed by atoms with Crippen molar-refractivity contribution in [3.63, 3.8) is 0 Å². The summed E-state index contributed by atoms with van der Waals surface area (Å²) in [7, 11) is 0. The van der Waals surface area contributed by atoms with Crippen molar-refractivity contribution in [2.24, 2.45) is 17.1 Å². The van der Waals surface area contributed by atoms with Gasteiger partial charge in [0.2, 0.25) is 0 Å². The summed E-state index contributed by atoms with van der Waals surface area (Å²) in [6.07, 6.45) is 12.1. The Kier molecular flexibility index (Phi) is 6.74. The maximum Gasteiger partial charge on any atom is 0.312 e. The zero-order valence-electron chi connectivity index (χ0n) is 18.5. The number of aromatic nitrogens is 3. The summed E-state index contributed by atoms with van der Waals surface area (Å²) in [6.45, 7) is 5.44. The standard InChI is InChI=1S/C23H32N6O2/c1-23(2,3)22(30)31-15-28-11-9-18(21(28)26)19(12-25)17-13-27-29(14-17)20(8-10-24)16-6-4-5-7-16/h9,11-14,16,20H,4-8,15,25-26H2,1-3H3/b19-12-. The third-order valence-electron chi connectivity index (χ3n) is 5.91. The summed E-state index contributed by atoms with van der Waals surface area (Å²) in [5.41, 5.74) is 14.0. The van der Waals surface area contributed by atoms with Gasteiger partial charge in [0, 0.05) is 35.3 Å². The van der Waals surface area contributed by atoms with Crippen molar-refractivity contribution in [2.45, 2.75) is 65.6 Å². The van der Waals surface area contributed by atoms with Gasteiger partial charge in [-0.05, 0) is 45.6 Å². The number of ether oxygens (including phenoxy) is 1. The zero-order chi connectivity index (χ0) is 22.6. The van der Waals surface area contributed by atoms with Crippen molar-refractivity contribution in [3.05, 3.63) is 42.0 Å². The summed E-state index contributed by atoms with van der Waals surface area (Å²) in [4.78, 5) is 12.1. The SMILES string of the molecule is CC(C)(C)C(=O)OCn1ccc(/C(=C\N)c2cnn(C(CC#N)C3CCCC3)c2)c1N. The molecule has 0 spiro atoms. The molecule has 8 nitrogen and oxygen atoms in total. The van der Waals surface area contributed by atoms with Crippen LogP contribution in [0.3, 0.4) is 0 Å². The normalized spacial score (nSPS) is 16.3. The molecule has 1 saturated carbocycles. The van der Waals surface area contributed by atoms with Crippen molar-refractivity contribution in [1.29, 1.82) is 5.26 Å². The summed E-state index contributed by atoms with van der Waals surface area (Å²) in [6, 6.07) is 4.22. The molecule has 2 aromatic heterocycles. The molecular weight excluding hydrogens is 392 g/mol. The van der Waals surface area contributed by atoms with Gasteiger partial charge in [-0.2, -0.15) is 10.4 Å². The largest absolute Gasteiger partial charge is 0.443 e. The fraction of sp³-hybridized carbons (Fsp3) is 0.522. The van der Waals surface area contributed by atoms with Crippen molar-refractivity contribution in [3.8, 4) is 6.07 Å². The predicted octanol–water partition coefficient (Wildman–Crippen LogP) is 3.81. The van der Waals surface area contributed by atoms with Crippen LogP contribution < -0.4 is 11.5 Å². The molecule has 3 rings (SSSR count). The predicted molar refractivity (Wildman–Crippen MR) is 119 cm³/mol. The molecule has 0 amide bonds. The fourth-order valence-electron chi connectivity index (χ4n) is 4.08. The number of hydrogen-bond acceptors (Lipinski definition) is 6. The van der Waals surface area contributed by atoms with Crippen LogP contribution in [0.1, 0.15) is 70.0 Å². The molecule has 0 aromatic carbocycles. The molecule has 0 bridgehead atoms. The van der Waals surface area contributed by atoms with E-state index in [1.165, 1.54) is 19.0 Å². The highest BCUT2D eigenvalue weighted by Gasteiger charge is 2.27. The van der Waals surface area contributed by atoms with Gasteiger partial charge in [0.05, 0.1) is 30.1 Å². The van der Waals surface area contributed by atoms with E-state index in [1.807, 2.05) is 16.9 Å². The molecule has 1 aliphatic rings. The van der Waals surface area contributed by atoms with E-state index >= 15 is 0 Å². The first-order valence-electron chi connectivity index (χ1n) is 10.7. The van der Waals surface area contributed by atoms with Gasteiger partial charge in [-0.1, -0.05) is 12.8 Å². The Labute approximate surface area is 183 Å². The molecule has 8 heteroatoms. The lowest BCUT2D eigenvalue weighted by atomic mass is 9.96. The molecule has 1 aliphatic carbocycles. The Morgan fingerprint density at radius 3 is 2.74 bits per heavy atom. The molecule has 2 heterocycles. The van der Waals surface area contributed by atoms with Gasteiger partial charge in [-0.15, -0.1) is 0 Å². The number of carbonyl (C=O) groups is 1. The second-order valence-electron chi connectivity index (χ2n) is 9.16. The van der Waals surface area contributed by atoms with Gasteiger partial charge in [-0.25, -0.2) is 0 Å². The zero-order valence-corrected chi connectivity index (χ0v) is 18.5. The molecular formula is C23H32N6O2. The molecule has 166 valence electrons. The van der Waals surface area contributed by atoms with Crippen LogP contribution in [-0.2, 0) is 16.3 Å². The number of anilines is 1. The quantitative estimate of drug-likeness (QED) is 0.651. The van der Waals surface area contributed by atoms with Crippen molar-refractivity contribution in [2.75, 3.05) is 5.73 Å². The highest BCUT2D eigenvalue weighted by molar-refractivity contribution is 5.84. The molecule has 2 aromatic rings. The molecule has 1 fully saturated rings. The Morgan fingerprint density at radius 2 is 2.13 bits per heavy atom. The lowest BCUT2D eigenvalue weighted by molar-refractivity contribution is -0.156. The van der Waals surface area contributed by atoms with Gasteiger partial charge < -0.3 is 20.8 Å². The highest BCUT2D eigenvalue weighted by Crippen LogP contribution is 2.37. The van der Waals surface area contributed by atoms with Gasteiger partial charge >= 0.3 is 5.97 Å². The molecule has 0 aliphatic heterocycles. The van der Waals surface area contributed by atoms with E-state index in [-0.39, 0.29) is 18.7 Å². The van der Waals surface area contributed by atoms with Crippen LogP contribution >= 0.6 is 0 Å². The van der Waals surface area contributed by atoms with Gasteiger partial charge in [0.1, 0.15) is 5.82 Å². The number of rotatable bonds is 7. The molecule has 4 N–H and O–H groups in total. The number of nitrogens with two attached hydrogens (primary N) is 2. The summed E-state index contributed by atoms with van der Waals surface area (Å²) in [5.74, 6) is 0.630. The first kappa shape index (κ1) is 22.5. The van der Waals surface area contributed by atoms with E-state index in [2.05, 4.69) is 11.2 Å². The Morgan fingerprint density at radius 1 is 1.42 bits per heavy atom. The van der Waals surface area contributed by atoms with Crippen molar-refractivity contribution >= 4 is 17.4 Å². The topological polar surface area (TPSA) is 125 Å². The van der Waals surface area contributed by atoms with E-state index < -0.39 is 5.41 Å². The third kappa shape index (κ3) is 4.93. The first-order valence-corrected chi connectivity index (χ1v) is 10.7. The average Bonchev–Trinajstić information content (AvgIpc) is 3.47. The van der Waals surface area contributed by atoms with E-state index in [9.17, 15) is 10.1 Å². The Hall–Kier alpha value is -3.21. The third-order valence-corrected chi connectivity index (χ3v) is 5.91. The number of nitrogen functional groups attached to an aromatic ring is 1. The lowest BCUT2D eigenvalue weighted by Gasteiger charge is -2.21. The van der Waals surface area contributed by atoms with Crippen LogP contribution in [0.2, 0.25) is 0 Å². The number of nitriles is 1. The Bertz CT molecular complexity index is 983. The second kappa shape index (κ2) is 9.29. The van der Waals surface area contributed by atoms with Crippen LogP contribution in [0, 0.1) is 22.7 Å². The number of carbonyl (C=O) groups excluding carboxylic acids is 1. The molecule has 1 unspecified atom stereocenters. The number of esters is 1. The van der Waals surface area contributed by atoms with Crippen molar-refractivity contribution < 1.29 is 9.53 Å². The van der Waals surface area contributed by atoms with E-state index in [1.54, 1.807) is 37.7 Å². The van der Waals surface area contributed by atoms with Crippen molar-refractivity contribution in [1.82, 2.24) is 14.3 Å². The van der Waals surface area contributed by atoms with E-state index in [0.717, 1.165) is 29.5 Å². The second-order valence-corrected chi connectivity index (χ2v) is 9.16. The molecule has 0 saturated heterocycles. The number of nitrogens with zero attached hydrogens (tertiary/aromatic N) is 4. The average molecular weight is 425 g/mol. The number of hydrogen-bond donors (Lipinski definition) is 2. The van der Waals surface area contributed by atoms with E-state index in [4.69, 9.17) is 16.2 Å². The van der Waals surface area contributed by atoms with Gasteiger partial charge in [0.15, 0.2) is 6.73 Å². The molecule has 1 atom stereocenters. The maximum atomic E-state index is 12.1. The summed E-state index contributed by atoms with van der Waals surface area (Å²) < 4.78 is 8.94. The van der Waals surface area contributed by atoms with Gasteiger partial charge in [-0.3, -0.25) is 9.48 Å². The van der Waals surface area contributed by atoms with Crippen LogP contribution in [0.25, 0.3) is 5.57 Å².